The molecule has 0 aromatic carbocycles. The molecule has 0 aliphatic carbocycles. The van der Waals surface area contributed by atoms with Crippen LogP contribution in [0.15, 0.2) is 6.20 Å². The summed E-state index contributed by atoms with van der Waals surface area (Å²) >= 11 is 5.92. The fraction of sp³-hybridized carbons (Fsp3) is 0.615. The lowest BCUT2D eigenvalue weighted by molar-refractivity contribution is -0.00535. The van der Waals surface area contributed by atoms with E-state index in [4.69, 9.17) is 27.2 Å². The van der Waals surface area contributed by atoms with Gasteiger partial charge in [0.25, 0.3) is 0 Å². The van der Waals surface area contributed by atoms with Crippen molar-refractivity contribution >= 4 is 23.1 Å². The van der Waals surface area contributed by atoms with E-state index in [2.05, 4.69) is 15.1 Å². The maximum atomic E-state index is 8.78. The highest BCUT2D eigenvalue weighted by molar-refractivity contribution is 6.32. The van der Waals surface area contributed by atoms with Crippen molar-refractivity contribution < 1.29 is 9.84 Å². The van der Waals surface area contributed by atoms with E-state index in [-0.39, 0.29) is 18.0 Å². The number of nitrogens with zero attached hydrogens (tertiary/aromatic N) is 4. The van der Waals surface area contributed by atoms with E-state index in [0.717, 1.165) is 25.3 Å². The average Bonchev–Trinajstić information content (AvgIpc) is 2.77. The summed E-state index contributed by atoms with van der Waals surface area (Å²) in [7, 11) is 0. The van der Waals surface area contributed by atoms with Gasteiger partial charge in [-0.15, -0.1) is 5.10 Å². The number of ether oxygens (including phenoxy) is 1. The molecule has 0 amide bonds. The summed E-state index contributed by atoms with van der Waals surface area (Å²) in [4.78, 5) is 8.06. The van der Waals surface area contributed by atoms with Gasteiger partial charge < -0.3 is 15.6 Å². The van der Waals surface area contributed by atoms with Crippen molar-refractivity contribution in [2.75, 3.05) is 18.9 Å². The number of halogens is 1. The average molecular weight is 314 g/mol. The molecule has 3 rings (SSSR count). The van der Waals surface area contributed by atoms with Crippen LogP contribution in [-0.2, 0) is 4.74 Å². The lowest BCUT2D eigenvalue weighted by Gasteiger charge is -2.15. The highest BCUT2D eigenvalue weighted by Gasteiger charge is 2.13. The number of hydrogen-bond donors (Lipinski definition) is 2. The van der Waals surface area contributed by atoms with E-state index in [1.54, 1.807) is 10.7 Å². The number of aliphatic hydroxyl groups excluding tert-OH is 1. The molecule has 1 aliphatic heterocycles. The van der Waals surface area contributed by atoms with Gasteiger partial charge in [-0.05, 0) is 12.8 Å². The largest absolute Gasteiger partial charge is 0.391 e. The maximum absolute atomic E-state index is 8.78. The molecular formula is C13H20ClN5O2. The number of aliphatic hydroxyl groups is 1. The summed E-state index contributed by atoms with van der Waals surface area (Å²) in [6.07, 6.45) is 3.32. The Morgan fingerprint density at radius 1 is 1.52 bits per heavy atom. The Hall–Kier alpha value is -1.44. The summed E-state index contributed by atoms with van der Waals surface area (Å²) in [5, 5.41) is 13.2. The van der Waals surface area contributed by atoms with Crippen LogP contribution in [0.2, 0.25) is 5.15 Å². The van der Waals surface area contributed by atoms with E-state index < -0.39 is 0 Å². The zero-order valence-corrected chi connectivity index (χ0v) is 12.9. The van der Waals surface area contributed by atoms with Gasteiger partial charge in [0, 0.05) is 12.5 Å². The Morgan fingerprint density at radius 3 is 2.81 bits per heavy atom. The first-order valence-electron chi connectivity index (χ1n) is 6.91. The van der Waals surface area contributed by atoms with Gasteiger partial charge >= 0.3 is 0 Å². The second-order valence-electron chi connectivity index (χ2n) is 5.20. The normalized spacial score (nSPS) is 18.6. The van der Waals surface area contributed by atoms with E-state index in [0.29, 0.717) is 17.3 Å². The molecule has 0 bridgehead atoms. The molecule has 1 atom stereocenters. The molecule has 2 aromatic rings. The lowest BCUT2D eigenvalue weighted by Crippen LogP contribution is -2.21. The SMILES string of the molecule is CC(C)c1nc(Cl)c2cnc(N)nn12.OC1CCCOC1. The fourth-order valence-corrected chi connectivity index (χ4v) is 2.20. The summed E-state index contributed by atoms with van der Waals surface area (Å²) in [6, 6.07) is 0. The molecular weight excluding hydrogens is 294 g/mol. The van der Waals surface area contributed by atoms with Crippen LogP contribution in [0.25, 0.3) is 5.52 Å². The van der Waals surface area contributed by atoms with E-state index in [9.17, 15) is 0 Å². The molecule has 2 aromatic heterocycles. The van der Waals surface area contributed by atoms with Crippen LogP contribution in [0.1, 0.15) is 38.4 Å². The van der Waals surface area contributed by atoms with Crippen molar-refractivity contribution in [3.8, 4) is 0 Å². The highest BCUT2D eigenvalue weighted by Crippen LogP contribution is 2.21. The standard InChI is InChI=1S/C8H10ClN5.C5H10O2/c1-4(2)7-12-6(9)5-3-11-8(10)13-14(5)7;6-5-2-1-3-7-4-5/h3-4H,1-2H3,(H2,10,13);5-6H,1-4H2. The van der Waals surface area contributed by atoms with Gasteiger partial charge in [-0.3, -0.25) is 0 Å². The summed E-state index contributed by atoms with van der Waals surface area (Å²) < 4.78 is 6.57. The molecule has 0 spiro atoms. The third kappa shape index (κ3) is 4.03. The quantitative estimate of drug-likeness (QED) is 0.830. The minimum absolute atomic E-state index is 0.186. The van der Waals surface area contributed by atoms with Crippen LogP contribution in [0, 0.1) is 0 Å². The second kappa shape index (κ2) is 7.02. The highest BCUT2D eigenvalue weighted by atomic mass is 35.5. The van der Waals surface area contributed by atoms with Crippen LogP contribution in [0.5, 0.6) is 0 Å². The molecule has 1 saturated heterocycles. The number of nitrogen functional groups attached to an aromatic ring is 1. The minimum atomic E-state index is -0.186. The maximum Gasteiger partial charge on any atom is 0.238 e. The Bertz CT molecular complexity index is 596. The molecule has 116 valence electrons. The third-order valence-corrected chi connectivity index (χ3v) is 3.32. The zero-order chi connectivity index (χ0) is 15.4. The van der Waals surface area contributed by atoms with Crippen LogP contribution >= 0.6 is 11.6 Å². The monoisotopic (exact) mass is 313 g/mol. The van der Waals surface area contributed by atoms with E-state index in [1.165, 1.54) is 0 Å². The second-order valence-corrected chi connectivity index (χ2v) is 5.56. The van der Waals surface area contributed by atoms with Gasteiger partial charge in [0.2, 0.25) is 5.95 Å². The van der Waals surface area contributed by atoms with Gasteiger partial charge in [-0.25, -0.2) is 14.5 Å². The zero-order valence-electron chi connectivity index (χ0n) is 12.2. The predicted octanol–water partition coefficient (Wildman–Crippen LogP) is 1.64. The Kier molecular flexibility index (Phi) is 5.33. The molecule has 8 heteroatoms. The number of nitrogens with two attached hydrogens (primary N) is 1. The van der Waals surface area contributed by atoms with Gasteiger partial charge in [-0.1, -0.05) is 25.4 Å². The van der Waals surface area contributed by atoms with Crippen LogP contribution in [0.4, 0.5) is 5.95 Å². The van der Waals surface area contributed by atoms with Gasteiger partial charge in [-0.2, -0.15) is 0 Å². The van der Waals surface area contributed by atoms with Crippen molar-refractivity contribution in [1.82, 2.24) is 19.6 Å². The van der Waals surface area contributed by atoms with Crippen molar-refractivity contribution in [2.24, 2.45) is 0 Å². The third-order valence-electron chi connectivity index (χ3n) is 3.04. The molecule has 1 aliphatic rings. The Morgan fingerprint density at radius 2 is 2.29 bits per heavy atom. The summed E-state index contributed by atoms with van der Waals surface area (Å²) in [5.41, 5.74) is 6.17. The Labute approximate surface area is 128 Å². The van der Waals surface area contributed by atoms with E-state index in [1.807, 2.05) is 13.8 Å². The van der Waals surface area contributed by atoms with Crippen molar-refractivity contribution in [3.63, 3.8) is 0 Å². The number of anilines is 1. The number of rotatable bonds is 1. The minimum Gasteiger partial charge on any atom is -0.391 e. The molecule has 3 N–H and O–H groups in total. The Balaban J connectivity index is 0.000000194. The van der Waals surface area contributed by atoms with Crippen LogP contribution < -0.4 is 5.73 Å². The van der Waals surface area contributed by atoms with E-state index >= 15 is 0 Å². The first kappa shape index (κ1) is 15.9. The first-order valence-corrected chi connectivity index (χ1v) is 7.29. The number of fused-ring (bicyclic) bond motifs is 1. The predicted molar refractivity (Wildman–Crippen MR) is 80.4 cm³/mol. The van der Waals surface area contributed by atoms with Crippen molar-refractivity contribution in [3.05, 3.63) is 17.2 Å². The smallest absolute Gasteiger partial charge is 0.238 e. The van der Waals surface area contributed by atoms with Gasteiger partial charge in [0.15, 0.2) is 5.15 Å². The summed E-state index contributed by atoms with van der Waals surface area (Å²) in [5.74, 6) is 1.25. The topological polar surface area (TPSA) is 98.6 Å². The molecule has 0 radical (unpaired) electrons. The van der Waals surface area contributed by atoms with Crippen molar-refractivity contribution in [1.29, 1.82) is 0 Å². The fourth-order valence-electron chi connectivity index (χ4n) is 1.98. The molecule has 21 heavy (non-hydrogen) atoms. The molecule has 0 saturated carbocycles. The molecule has 1 fully saturated rings. The lowest BCUT2D eigenvalue weighted by atomic mass is 10.2. The number of aromatic nitrogens is 4. The van der Waals surface area contributed by atoms with Crippen molar-refractivity contribution in [2.45, 2.75) is 38.7 Å². The summed E-state index contributed by atoms with van der Waals surface area (Å²) in [6.45, 7) is 5.41. The first-order chi connectivity index (χ1) is 9.99. The molecule has 1 unspecified atom stereocenters. The van der Waals surface area contributed by atoms with Crippen LogP contribution in [-0.4, -0.2) is 44.0 Å². The molecule has 7 nitrogen and oxygen atoms in total. The van der Waals surface area contributed by atoms with Gasteiger partial charge in [0.05, 0.1) is 18.9 Å². The number of imidazole rings is 1. The van der Waals surface area contributed by atoms with Gasteiger partial charge in [0.1, 0.15) is 11.3 Å². The molecule has 3 heterocycles. The van der Waals surface area contributed by atoms with Crippen LogP contribution in [0.3, 0.4) is 0 Å². The number of hydrogen-bond acceptors (Lipinski definition) is 6.